The van der Waals surface area contributed by atoms with Crippen LogP contribution in [0, 0.1) is 28.4 Å². The number of ether oxygens (including phenoxy) is 1. The van der Waals surface area contributed by atoms with Gasteiger partial charge >= 0.3 is 5.97 Å². The molecule has 0 bridgehead atoms. The van der Waals surface area contributed by atoms with E-state index in [9.17, 15) is 14.9 Å². The number of benzene rings is 1. The highest BCUT2D eigenvalue weighted by Crippen LogP contribution is 2.35. The molecule has 7 nitrogen and oxygen atoms in total. The Labute approximate surface area is 116 Å². The molecule has 1 aromatic carbocycles. The summed E-state index contributed by atoms with van der Waals surface area (Å²) in [6.07, 6.45) is 0. The molecule has 7 heteroatoms. The molecule has 0 amide bonds. The first-order chi connectivity index (χ1) is 9.46. The molecule has 0 saturated heterocycles. The fourth-order valence-electron chi connectivity index (χ4n) is 1.90. The molecule has 0 heterocycles. The van der Waals surface area contributed by atoms with Gasteiger partial charge in [0.15, 0.2) is 5.92 Å². The minimum atomic E-state index is -1.32. The Morgan fingerprint density at radius 2 is 2.25 bits per heavy atom. The minimum absolute atomic E-state index is 0.0419. The van der Waals surface area contributed by atoms with E-state index >= 15 is 0 Å². The highest BCUT2D eigenvalue weighted by molar-refractivity contribution is 5.85. The summed E-state index contributed by atoms with van der Waals surface area (Å²) in [4.78, 5) is 22.4. The largest absolute Gasteiger partial charge is 0.465 e. The van der Waals surface area contributed by atoms with Crippen LogP contribution >= 0.6 is 0 Å². The Balaban J connectivity index is 3.49. The van der Waals surface area contributed by atoms with Gasteiger partial charge in [0.25, 0.3) is 5.69 Å². The Morgan fingerprint density at radius 3 is 2.70 bits per heavy atom. The molecule has 106 valence electrons. The number of anilines is 1. The van der Waals surface area contributed by atoms with E-state index in [0.29, 0.717) is 5.56 Å². The number of carbonyl (C=O) groups excluding carboxylic acids is 1. The van der Waals surface area contributed by atoms with E-state index in [1.54, 1.807) is 26.0 Å². The fourth-order valence-corrected chi connectivity index (χ4v) is 1.90. The van der Waals surface area contributed by atoms with Crippen LogP contribution in [0.25, 0.3) is 0 Å². The van der Waals surface area contributed by atoms with Crippen molar-refractivity contribution < 1.29 is 14.5 Å². The summed E-state index contributed by atoms with van der Waals surface area (Å²) < 4.78 is 4.79. The lowest BCUT2D eigenvalue weighted by Crippen LogP contribution is -2.16. The van der Waals surface area contributed by atoms with Crippen LogP contribution in [-0.2, 0) is 9.53 Å². The molecule has 1 unspecified atom stereocenters. The van der Waals surface area contributed by atoms with Gasteiger partial charge in [-0.15, -0.1) is 0 Å². The first-order valence-electron chi connectivity index (χ1n) is 5.99. The number of rotatable bonds is 5. The van der Waals surface area contributed by atoms with Crippen molar-refractivity contribution in [1.82, 2.24) is 0 Å². The van der Waals surface area contributed by atoms with Gasteiger partial charge in [0.1, 0.15) is 5.69 Å². The van der Waals surface area contributed by atoms with Gasteiger partial charge in [-0.25, -0.2) is 0 Å². The van der Waals surface area contributed by atoms with Gasteiger partial charge in [-0.3, -0.25) is 14.9 Å². The van der Waals surface area contributed by atoms with Crippen molar-refractivity contribution >= 4 is 17.3 Å². The monoisotopic (exact) mass is 277 g/mol. The number of nitro groups is 1. The van der Waals surface area contributed by atoms with Crippen molar-refractivity contribution in [3.05, 3.63) is 33.4 Å². The van der Waals surface area contributed by atoms with Crippen molar-refractivity contribution in [3.63, 3.8) is 0 Å². The predicted octanol–water partition coefficient (Wildman–Crippen LogP) is 2.12. The molecular formula is C13H15N3O4. The normalized spacial score (nSPS) is 11.3. The zero-order valence-electron chi connectivity index (χ0n) is 11.5. The highest BCUT2D eigenvalue weighted by Gasteiger charge is 2.31. The number of nitro benzene ring substituents is 1. The Kier molecular flexibility index (Phi) is 5.03. The van der Waals surface area contributed by atoms with Gasteiger partial charge in [-0.1, -0.05) is 0 Å². The van der Waals surface area contributed by atoms with E-state index in [1.165, 1.54) is 13.1 Å². The number of nitrogens with zero attached hydrogens (tertiary/aromatic N) is 2. The van der Waals surface area contributed by atoms with Gasteiger partial charge in [-0.2, -0.15) is 5.26 Å². The van der Waals surface area contributed by atoms with Crippen molar-refractivity contribution in [2.75, 3.05) is 19.0 Å². The molecule has 20 heavy (non-hydrogen) atoms. The van der Waals surface area contributed by atoms with E-state index in [2.05, 4.69) is 5.32 Å². The quantitative estimate of drug-likeness (QED) is 0.502. The molecule has 0 saturated carbocycles. The summed E-state index contributed by atoms with van der Waals surface area (Å²) >= 11 is 0. The van der Waals surface area contributed by atoms with Crippen LogP contribution in [0.5, 0.6) is 0 Å². The molecule has 0 aromatic heterocycles. The summed E-state index contributed by atoms with van der Waals surface area (Å²) in [6.45, 7) is 3.44. The van der Waals surface area contributed by atoms with Crippen LogP contribution in [0.15, 0.2) is 12.1 Å². The van der Waals surface area contributed by atoms with Gasteiger partial charge in [0, 0.05) is 7.05 Å². The Bertz CT molecular complexity index is 578. The van der Waals surface area contributed by atoms with Gasteiger partial charge < -0.3 is 10.1 Å². The number of carbonyl (C=O) groups is 1. The first kappa shape index (κ1) is 15.4. The number of aryl methyl sites for hydroxylation is 1. The second kappa shape index (κ2) is 6.52. The lowest BCUT2D eigenvalue weighted by molar-refractivity contribution is -0.384. The van der Waals surface area contributed by atoms with Crippen LogP contribution < -0.4 is 5.32 Å². The van der Waals surface area contributed by atoms with E-state index < -0.39 is 16.8 Å². The summed E-state index contributed by atoms with van der Waals surface area (Å²) in [6, 6.07) is 4.82. The lowest BCUT2D eigenvalue weighted by atomic mass is 9.95. The third-order valence-corrected chi connectivity index (χ3v) is 2.70. The molecule has 1 rings (SSSR count). The molecule has 1 atom stereocenters. The smallest absolute Gasteiger partial charge is 0.328 e. The number of nitrogens with one attached hydrogen (secondary N) is 1. The summed E-state index contributed by atoms with van der Waals surface area (Å²) in [5, 5.41) is 23.1. The molecule has 0 aliphatic heterocycles. The van der Waals surface area contributed by atoms with E-state index in [1.807, 2.05) is 0 Å². The molecule has 1 N–H and O–H groups in total. The number of hydrogen-bond acceptors (Lipinski definition) is 6. The molecule has 0 aliphatic rings. The zero-order valence-corrected chi connectivity index (χ0v) is 11.5. The molecule has 0 spiro atoms. The zero-order chi connectivity index (χ0) is 15.3. The predicted molar refractivity (Wildman–Crippen MR) is 72.4 cm³/mol. The molecule has 0 aliphatic carbocycles. The van der Waals surface area contributed by atoms with Crippen molar-refractivity contribution in [2.24, 2.45) is 0 Å². The van der Waals surface area contributed by atoms with Crippen LogP contribution in [0.4, 0.5) is 11.4 Å². The average Bonchev–Trinajstić information content (AvgIpc) is 2.38. The van der Waals surface area contributed by atoms with Crippen LogP contribution in [-0.4, -0.2) is 24.5 Å². The molecule has 1 aromatic rings. The minimum Gasteiger partial charge on any atom is -0.465 e. The third-order valence-electron chi connectivity index (χ3n) is 2.70. The summed E-state index contributed by atoms with van der Waals surface area (Å²) in [5.74, 6) is -2.10. The maximum atomic E-state index is 11.8. The van der Waals surface area contributed by atoms with Crippen LogP contribution in [0.3, 0.4) is 0 Å². The second-order valence-electron chi connectivity index (χ2n) is 4.07. The number of hydrogen-bond donors (Lipinski definition) is 1. The average molecular weight is 277 g/mol. The topological polar surface area (TPSA) is 105 Å². The Hall–Kier alpha value is -2.62. The standard InChI is InChI=1S/C13H15N3O4/c1-4-20-13(17)10(7-14)9-5-8(2)6-11(15-3)12(9)16(18)19/h5-6,10,15H,4H2,1-3H3. The van der Waals surface area contributed by atoms with E-state index in [4.69, 9.17) is 10.00 Å². The lowest BCUT2D eigenvalue weighted by Gasteiger charge is -2.12. The molecule has 0 fully saturated rings. The third kappa shape index (κ3) is 3.03. The molecule has 0 radical (unpaired) electrons. The van der Waals surface area contributed by atoms with E-state index in [0.717, 1.165) is 0 Å². The van der Waals surface area contributed by atoms with Crippen molar-refractivity contribution in [2.45, 2.75) is 19.8 Å². The number of nitriles is 1. The van der Waals surface area contributed by atoms with Gasteiger partial charge in [0.2, 0.25) is 0 Å². The maximum Gasteiger partial charge on any atom is 0.328 e. The number of esters is 1. The van der Waals surface area contributed by atoms with E-state index in [-0.39, 0.29) is 23.5 Å². The van der Waals surface area contributed by atoms with Crippen molar-refractivity contribution in [3.8, 4) is 6.07 Å². The maximum absolute atomic E-state index is 11.8. The first-order valence-corrected chi connectivity index (χ1v) is 5.99. The van der Waals surface area contributed by atoms with Crippen molar-refractivity contribution in [1.29, 1.82) is 5.26 Å². The van der Waals surface area contributed by atoms with Crippen LogP contribution in [0.2, 0.25) is 0 Å². The van der Waals surface area contributed by atoms with Crippen LogP contribution in [0.1, 0.15) is 24.0 Å². The molecular weight excluding hydrogens is 262 g/mol. The highest BCUT2D eigenvalue weighted by atomic mass is 16.6. The summed E-state index contributed by atoms with van der Waals surface area (Å²) in [5.41, 5.74) is 0.729. The van der Waals surface area contributed by atoms with Gasteiger partial charge in [0.05, 0.1) is 23.2 Å². The Morgan fingerprint density at radius 1 is 1.60 bits per heavy atom. The second-order valence-corrected chi connectivity index (χ2v) is 4.07. The SMILES string of the molecule is CCOC(=O)C(C#N)c1cc(C)cc(NC)c1[N+](=O)[O-]. The van der Waals surface area contributed by atoms with Gasteiger partial charge in [-0.05, 0) is 31.5 Å². The fraction of sp³-hybridized carbons (Fsp3) is 0.385. The summed E-state index contributed by atoms with van der Waals surface area (Å²) in [7, 11) is 1.54.